The second kappa shape index (κ2) is 12.6. The molecule has 0 unspecified atom stereocenters. The molecule has 0 aliphatic rings. The molecule has 0 aliphatic carbocycles. The minimum atomic E-state index is -3.79. The lowest BCUT2D eigenvalue weighted by molar-refractivity contribution is -0.121. The van der Waals surface area contributed by atoms with Crippen LogP contribution < -0.4 is 23.9 Å². The fourth-order valence-corrected chi connectivity index (χ4v) is 4.57. The Morgan fingerprint density at radius 3 is 2.35 bits per heavy atom. The molecule has 0 fully saturated rings. The predicted octanol–water partition coefficient (Wildman–Crippen LogP) is 4.36. The van der Waals surface area contributed by atoms with Gasteiger partial charge >= 0.3 is 0 Å². The Bertz CT molecular complexity index is 1340. The van der Waals surface area contributed by atoms with Gasteiger partial charge in [0, 0.05) is 0 Å². The van der Waals surface area contributed by atoms with Gasteiger partial charge in [0.05, 0.1) is 25.3 Å². The van der Waals surface area contributed by atoms with E-state index in [0.29, 0.717) is 40.9 Å². The first kappa shape index (κ1) is 27.3. The summed E-state index contributed by atoms with van der Waals surface area (Å²) in [5.74, 6) is 1.61. The van der Waals surface area contributed by atoms with E-state index in [2.05, 4.69) is 17.1 Å². The molecule has 1 N–H and O–H groups in total. The zero-order valence-electron chi connectivity index (χ0n) is 20.8. The lowest BCUT2D eigenvalue weighted by atomic mass is 10.2. The Kier molecular flexibility index (Phi) is 9.28. The first-order chi connectivity index (χ1) is 17.7. The highest BCUT2D eigenvalue weighted by molar-refractivity contribution is 7.92. The number of hydrazone groups is 1. The van der Waals surface area contributed by atoms with Crippen LogP contribution in [-0.2, 0) is 14.8 Å². The minimum Gasteiger partial charge on any atom is -0.493 e. The van der Waals surface area contributed by atoms with E-state index in [1.54, 1.807) is 48.5 Å². The van der Waals surface area contributed by atoms with Crippen molar-refractivity contribution < 1.29 is 27.4 Å². The number of hydrogen-bond acceptors (Lipinski definition) is 7. The highest BCUT2D eigenvalue weighted by atomic mass is 32.2. The van der Waals surface area contributed by atoms with E-state index in [-0.39, 0.29) is 0 Å². The number of anilines is 1. The maximum Gasteiger partial charge on any atom is 0.263 e. The fourth-order valence-electron chi connectivity index (χ4n) is 3.39. The molecule has 3 rings (SSSR count). The van der Waals surface area contributed by atoms with Crippen molar-refractivity contribution in [1.29, 1.82) is 0 Å². The van der Waals surface area contributed by atoms with E-state index in [1.807, 2.05) is 30.3 Å². The smallest absolute Gasteiger partial charge is 0.263 e. The average molecular weight is 524 g/mol. The number of carbonyl (C=O) groups is 1. The van der Waals surface area contributed by atoms with Crippen molar-refractivity contribution in [2.75, 3.05) is 24.3 Å². The number of rotatable bonds is 12. The van der Waals surface area contributed by atoms with Gasteiger partial charge in [-0.05, 0) is 67.1 Å². The van der Waals surface area contributed by atoms with Gasteiger partial charge in [-0.2, -0.15) is 5.10 Å². The summed E-state index contributed by atoms with van der Waals surface area (Å²) in [6, 6.07) is 19.7. The third kappa shape index (κ3) is 7.58. The normalized spacial score (nSPS) is 12.0. The second-order valence-corrected chi connectivity index (χ2v) is 9.75. The van der Waals surface area contributed by atoms with Gasteiger partial charge in [0.25, 0.3) is 5.91 Å². The molecule has 0 radical (unpaired) electrons. The molecule has 37 heavy (non-hydrogen) atoms. The van der Waals surface area contributed by atoms with Crippen LogP contribution in [0.2, 0.25) is 0 Å². The predicted molar refractivity (Wildman–Crippen MR) is 144 cm³/mol. The molecular formula is C27H29N3O6S. The zero-order valence-corrected chi connectivity index (χ0v) is 21.6. The molecule has 3 aromatic rings. The van der Waals surface area contributed by atoms with Gasteiger partial charge in [-0.25, -0.2) is 13.8 Å². The van der Waals surface area contributed by atoms with Crippen LogP contribution in [0.25, 0.3) is 0 Å². The first-order valence-corrected chi connectivity index (χ1v) is 13.1. The molecule has 0 spiro atoms. The first-order valence-electron chi connectivity index (χ1n) is 11.3. The summed E-state index contributed by atoms with van der Waals surface area (Å²) in [5, 5.41) is 3.97. The molecule has 9 nitrogen and oxygen atoms in total. The number of sulfonamides is 1. The van der Waals surface area contributed by atoms with Crippen molar-refractivity contribution in [2.24, 2.45) is 5.10 Å². The third-order valence-electron chi connectivity index (χ3n) is 5.09. The number of para-hydroxylation sites is 1. The van der Waals surface area contributed by atoms with Crippen LogP contribution in [0, 0.1) is 0 Å². The second-order valence-electron chi connectivity index (χ2n) is 7.89. The van der Waals surface area contributed by atoms with Crippen LogP contribution in [-0.4, -0.2) is 46.6 Å². The molecule has 0 heterocycles. The maximum absolute atomic E-state index is 12.8. The Balaban J connectivity index is 1.70. The summed E-state index contributed by atoms with van der Waals surface area (Å²) >= 11 is 0. The van der Waals surface area contributed by atoms with Gasteiger partial charge < -0.3 is 14.2 Å². The van der Waals surface area contributed by atoms with Crippen molar-refractivity contribution in [1.82, 2.24) is 5.43 Å². The highest BCUT2D eigenvalue weighted by Gasteiger charge is 2.29. The zero-order chi connectivity index (χ0) is 26.8. The number of methoxy groups -OCH3 is 1. The van der Waals surface area contributed by atoms with Gasteiger partial charge in [-0.1, -0.05) is 30.9 Å². The number of ether oxygens (including phenoxy) is 3. The van der Waals surface area contributed by atoms with Crippen molar-refractivity contribution in [2.45, 2.75) is 13.0 Å². The average Bonchev–Trinajstić information content (AvgIpc) is 2.88. The molecule has 1 amide bonds. The number of nitrogens with zero attached hydrogens (tertiary/aromatic N) is 2. The Labute approximate surface area is 217 Å². The van der Waals surface area contributed by atoms with E-state index in [9.17, 15) is 13.2 Å². The van der Waals surface area contributed by atoms with Crippen molar-refractivity contribution >= 4 is 27.8 Å². The Morgan fingerprint density at radius 2 is 1.73 bits per heavy atom. The number of carbonyl (C=O) groups excluding carboxylic acids is 1. The molecule has 3 aromatic carbocycles. The molecular weight excluding hydrogens is 494 g/mol. The van der Waals surface area contributed by atoms with Crippen molar-refractivity contribution in [3.05, 3.63) is 91.0 Å². The van der Waals surface area contributed by atoms with Crippen LogP contribution >= 0.6 is 0 Å². The van der Waals surface area contributed by atoms with E-state index < -0.39 is 22.0 Å². The SMILES string of the molecule is C=CCOc1ccc(/C=N\NC(=O)[C@@H](C)N(c2ccc(Oc3ccccc3)cc2)S(C)(=O)=O)cc1OC. The van der Waals surface area contributed by atoms with Gasteiger partial charge in [0.2, 0.25) is 10.0 Å². The lowest BCUT2D eigenvalue weighted by Gasteiger charge is -2.27. The van der Waals surface area contributed by atoms with Gasteiger partial charge in [0.1, 0.15) is 24.1 Å². The molecule has 0 saturated heterocycles. The highest BCUT2D eigenvalue weighted by Crippen LogP contribution is 2.28. The van der Waals surface area contributed by atoms with Gasteiger partial charge in [0.15, 0.2) is 11.5 Å². The van der Waals surface area contributed by atoms with Crippen molar-refractivity contribution in [3.8, 4) is 23.0 Å². The Morgan fingerprint density at radius 1 is 1.05 bits per heavy atom. The van der Waals surface area contributed by atoms with Crippen LogP contribution in [0.5, 0.6) is 23.0 Å². The number of benzene rings is 3. The number of hydrogen-bond donors (Lipinski definition) is 1. The monoisotopic (exact) mass is 523 g/mol. The largest absolute Gasteiger partial charge is 0.493 e. The molecule has 194 valence electrons. The van der Waals surface area contributed by atoms with Crippen LogP contribution in [0.3, 0.4) is 0 Å². The Hall–Kier alpha value is -4.31. The van der Waals surface area contributed by atoms with Crippen LogP contribution in [0.1, 0.15) is 12.5 Å². The molecule has 0 aliphatic heterocycles. The molecule has 1 atom stereocenters. The summed E-state index contributed by atoms with van der Waals surface area (Å²) in [7, 11) is -2.28. The van der Waals surface area contributed by atoms with Crippen molar-refractivity contribution in [3.63, 3.8) is 0 Å². The summed E-state index contributed by atoms with van der Waals surface area (Å²) < 4.78 is 42.8. The summed E-state index contributed by atoms with van der Waals surface area (Å²) in [4.78, 5) is 12.8. The topological polar surface area (TPSA) is 107 Å². The third-order valence-corrected chi connectivity index (χ3v) is 6.33. The summed E-state index contributed by atoms with van der Waals surface area (Å²) in [5.41, 5.74) is 3.36. The van der Waals surface area contributed by atoms with E-state index in [1.165, 1.54) is 20.2 Å². The minimum absolute atomic E-state index is 0.314. The summed E-state index contributed by atoms with van der Waals surface area (Å²) in [6.45, 7) is 5.42. The quantitative estimate of drug-likeness (QED) is 0.215. The number of nitrogens with one attached hydrogen (secondary N) is 1. The molecule has 0 aromatic heterocycles. The summed E-state index contributed by atoms with van der Waals surface area (Å²) in [6.07, 6.45) is 4.08. The van der Waals surface area contributed by atoms with Crippen LogP contribution in [0.15, 0.2) is 90.6 Å². The lowest BCUT2D eigenvalue weighted by Crippen LogP contribution is -2.46. The van der Waals surface area contributed by atoms with Gasteiger partial charge in [-0.3, -0.25) is 9.10 Å². The van der Waals surface area contributed by atoms with E-state index in [0.717, 1.165) is 10.6 Å². The number of amides is 1. The van der Waals surface area contributed by atoms with Crippen LogP contribution in [0.4, 0.5) is 5.69 Å². The molecule has 0 bridgehead atoms. The fraction of sp³-hybridized carbons (Fsp3) is 0.185. The standard InChI is InChI=1S/C27H29N3O6S/c1-5-17-35-25-16-11-21(18-26(25)34-3)19-28-29-27(31)20(2)30(37(4,32)33)22-12-14-24(15-13-22)36-23-9-7-6-8-10-23/h5-16,18-20H,1,17H2,2-4H3,(H,29,31)/b28-19-/t20-/m1/s1. The van der Waals surface area contributed by atoms with E-state index >= 15 is 0 Å². The maximum atomic E-state index is 12.8. The van der Waals surface area contributed by atoms with Gasteiger partial charge in [-0.15, -0.1) is 0 Å². The van der Waals surface area contributed by atoms with E-state index in [4.69, 9.17) is 14.2 Å². The molecule has 0 saturated carbocycles. The molecule has 10 heteroatoms.